The summed E-state index contributed by atoms with van der Waals surface area (Å²) in [6, 6.07) is 6.06. The topological polar surface area (TPSA) is 122 Å². The molecule has 2 amide bonds. The quantitative estimate of drug-likeness (QED) is 0.358. The summed E-state index contributed by atoms with van der Waals surface area (Å²) in [6.07, 6.45) is 4.88. The fourth-order valence-corrected chi connectivity index (χ4v) is 5.18. The first kappa shape index (κ1) is 23.2. The Balaban J connectivity index is 1.54. The molecule has 4 rings (SSSR count). The van der Waals surface area contributed by atoms with E-state index in [2.05, 4.69) is 5.32 Å². The van der Waals surface area contributed by atoms with E-state index in [1.807, 2.05) is 6.26 Å². The van der Waals surface area contributed by atoms with E-state index >= 15 is 0 Å². The molecule has 3 aliphatic rings. The lowest BCUT2D eigenvalue weighted by molar-refractivity contribution is -0.385. The van der Waals surface area contributed by atoms with Crippen LogP contribution in [0.5, 0.6) is 0 Å². The van der Waals surface area contributed by atoms with Gasteiger partial charge in [-0.05, 0) is 18.4 Å². The molecule has 0 bridgehead atoms. The zero-order valence-electron chi connectivity index (χ0n) is 18.3. The van der Waals surface area contributed by atoms with Crippen molar-refractivity contribution in [2.75, 3.05) is 25.1 Å². The lowest BCUT2D eigenvalue weighted by Crippen LogP contribution is -2.60. The number of ether oxygens (including phenoxy) is 1. The lowest BCUT2D eigenvalue weighted by atomic mass is 9.94. The molecule has 176 valence electrons. The lowest BCUT2D eigenvalue weighted by Gasteiger charge is -2.45. The van der Waals surface area contributed by atoms with Gasteiger partial charge in [-0.15, -0.1) is 0 Å². The molecule has 2 unspecified atom stereocenters. The van der Waals surface area contributed by atoms with Gasteiger partial charge in [-0.3, -0.25) is 29.8 Å². The standard InChI is InChI=1S/C22H26N4O6S/c1-33-13-7-16-20(28)25(14-15-4-2-3-5-17(15)26(30)31)22(23-16)8-10-24(11-9-22)21(29)19-18(27)6-12-32-19/h2-6,12,16,19,23H,7-11,13-14H2,1H3. The van der Waals surface area contributed by atoms with Crippen LogP contribution in [-0.4, -0.2) is 75.2 Å². The third kappa shape index (κ3) is 4.47. The summed E-state index contributed by atoms with van der Waals surface area (Å²) in [5, 5.41) is 15.0. The molecule has 1 aromatic rings. The average Bonchev–Trinajstić information content (AvgIpc) is 3.35. The number of piperidine rings is 1. The molecular formula is C22H26N4O6S. The maximum atomic E-state index is 13.4. The smallest absolute Gasteiger partial charge is 0.274 e. The van der Waals surface area contributed by atoms with Crippen molar-refractivity contribution in [2.45, 2.75) is 43.6 Å². The monoisotopic (exact) mass is 474 g/mol. The van der Waals surface area contributed by atoms with Crippen LogP contribution in [0.15, 0.2) is 36.6 Å². The molecule has 1 N–H and O–H groups in total. The Kier molecular flexibility index (Phi) is 6.71. The predicted octanol–water partition coefficient (Wildman–Crippen LogP) is 1.45. The van der Waals surface area contributed by atoms with Crippen LogP contribution in [0.3, 0.4) is 0 Å². The van der Waals surface area contributed by atoms with Crippen molar-refractivity contribution in [3.8, 4) is 0 Å². The number of hydrogen-bond donors (Lipinski definition) is 1. The number of rotatable bonds is 7. The number of hydrogen-bond acceptors (Lipinski definition) is 8. The van der Waals surface area contributed by atoms with Crippen molar-refractivity contribution >= 4 is 35.0 Å². The number of nitro benzene ring substituents is 1. The van der Waals surface area contributed by atoms with E-state index in [9.17, 15) is 24.5 Å². The number of likely N-dealkylation sites (tertiary alicyclic amines) is 1. The van der Waals surface area contributed by atoms with Crippen molar-refractivity contribution in [2.24, 2.45) is 0 Å². The second-order valence-corrected chi connectivity index (χ2v) is 9.35. The number of ketones is 1. The van der Waals surface area contributed by atoms with Crippen molar-refractivity contribution in [1.29, 1.82) is 0 Å². The van der Waals surface area contributed by atoms with Crippen LogP contribution in [0, 0.1) is 10.1 Å². The molecule has 2 fully saturated rings. The van der Waals surface area contributed by atoms with Gasteiger partial charge < -0.3 is 14.5 Å². The number of nitrogens with zero attached hydrogens (tertiary/aromatic N) is 3. The summed E-state index contributed by atoms with van der Waals surface area (Å²) >= 11 is 1.65. The maximum Gasteiger partial charge on any atom is 0.274 e. The van der Waals surface area contributed by atoms with Gasteiger partial charge in [0, 0.05) is 43.6 Å². The number of carbonyl (C=O) groups is 3. The average molecular weight is 475 g/mol. The number of nitro groups is 1. The van der Waals surface area contributed by atoms with Crippen molar-refractivity contribution in [1.82, 2.24) is 15.1 Å². The van der Waals surface area contributed by atoms with Gasteiger partial charge in [-0.2, -0.15) is 11.8 Å². The molecule has 2 saturated heterocycles. The SMILES string of the molecule is CSCCC1NC2(CCN(C(=O)C3OC=CC3=O)CC2)N(Cc2ccccc2[N+](=O)[O-])C1=O. The molecule has 33 heavy (non-hydrogen) atoms. The highest BCUT2D eigenvalue weighted by Crippen LogP contribution is 2.36. The third-order valence-electron chi connectivity index (χ3n) is 6.48. The van der Waals surface area contributed by atoms with Crippen LogP contribution in [-0.2, 0) is 25.7 Å². The van der Waals surface area contributed by atoms with Crippen molar-refractivity contribution in [3.63, 3.8) is 0 Å². The Hall–Kier alpha value is -2.92. The summed E-state index contributed by atoms with van der Waals surface area (Å²) in [6.45, 7) is 0.796. The molecule has 11 heteroatoms. The fraction of sp³-hybridized carbons (Fsp3) is 0.500. The fourth-order valence-electron chi connectivity index (χ4n) is 4.71. The van der Waals surface area contributed by atoms with E-state index in [1.165, 1.54) is 18.4 Å². The van der Waals surface area contributed by atoms with Gasteiger partial charge in [0.15, 0.2) is 0 Å². The number of amides is 2. The third-order valence-corrected chi connectivity index (χ3v) is 7.13. The second kappa shape index (κ2) is 9.52. The summed E-state index contributed by atoms with van der Waals surface area (Å²) in [5.74, 6) is -0.0317. The zero-order chi connectivity index (χ0) is 23.6. The number of thioether (sulfide) groups is 1. The van der Waals surface area contributed by atoms with E-state index in [0.29, 0.717) is 37.9 Å². The maximum absolute atomic E-state index is 13.4. The van der Waals surface area contributed by atoms with E-state index < -0.39 is 16.7 Å². The van der Waals surface area contributed by atoms with E-state index in [0.717, 1.165) is 5.75 Å². The molecule has 3 heterocycles. The highest BCUT2D eigenvalue weighted by Gasteiger charge is 2.52. The molecule has 0 radical (unpaired) electrons. The Labute approximate surface area is 195 Å². The van der Waals surface area contributed by atoms with Gasteiger partial charge in [0.05, 0.1) is 29.4 Å². The molecule has 3 aliphatic heterocycles. The predicted molar refractivity (Wildman–Crippen MR) is 121 cm³/mol. The highest BCUT2D eigenvalue weighted by molar-refractivity contribution is 7.98. The molecule has 1 spiro atoms. The minimum Gasteiger partial charge on any atom is -0.480 e. The molecule has 0 aliphatic carbocycles. The van der Waals surface area contributed by atoms with Crippen LogP contribution in [0.4, 0.5) is 5.69 Å². The zero-order valence-corrected chi connectivity index (χ0v) is 19.1. The summed E-state index contributed by atoms with van der Waals surface area (Å²) < 4.78 is 5.14. The molecule has 10 nitrogen and oxygen atoms in total. The molecule has 1 aromatic carbocycles. The van der Waals surface area contributed by atoms with Crippen molar-refractivity contribution in [3.05, 3.63) is 52.3 Å². The van der Waals surface area contributed by atoms with Gasteiger partial charge in [0.1, 0.15) is 0 Å². The Bertz CT molecular complexity index is 991. The highest BCUT2D eigenvalue weighted by atomic mass is 32.2. The van der Waals surface area contributed by atoms with E-state index in [-0.39, 0.29) is 35.9 Å². The van der Waals surface area contributed by atoms with Gasteiger partial charge in [-0.1, -0.05) is 18.2 Å². The summed E-state index contributed by atoms with van der Waals surface area (Å²) in [5.41, 5.74) is -0.263. The Morgan fingerprint density at radius 1 is 1.30 bits per heavy atom. The molecule has 0 saturated carbocycles. The normalized spacial score (nSPS) is 23.9. The minimum atomic E-state index is -1.13. The largest absolute Gasteiger partial charge is 0.480 e. The molecule has 2 atom stereocenters. The van der Waals surface area contributed by atoms with E-state index in [4.69, 9.17) is 4.74 Å². The minimum absolute atomic E-state index is 0.0231. The van der Waals surface area contributed by atoms with Gasteiger partial charge in [0.25, 0.3) is 11.6 Å². The number of benzene rings is 1. The first-order valence-corrected chi connectivity index (χ1v) is 12.2. The Morgan fingerprint density at radius 2 is 2.03 bits per heavy atom. The number of carbonyl (C=O) groups excluding carboxylic acids is 3. The Morgan fingerprint density at radius 3 is 2.67 bits per heavy atom. The first-order chi connectivity index (χ1) is 15.9. The van der Waals surface area contributed by atoms with Gasteiger partial charge in [0.2, 0.25) is 17.8 Å². The van der Waals surface area contributed by atoms with Gasteiger partial charge >= 0.3 is 0 Å². The van der Waals surface area contributed by atoms with Crippen LogP contribution in [0.25, 0.3) is 0 Å². The van der Waals surface area contributed by atoms with Crippen LogP contribution < -0.4 is 5.32 Å². The van der Waals surface area contributed by atoms with Crippen molar-refractivity contribution < 1.29 is 24.0 Å². The summed E-state index contributed by atoms with van der Waals surface area (Å²) in [7, 11) is 0. The van der Waals surface area contributed by atoms with Crippen LogP contribution in [0.2, 0.25) is 0 Å². The second-order valence-electron chi connectivity index (χ2n) is 8.37. The van der Waals surface area contributed by atoms with Crippen LogP contribution in [0.1, 0.15) is 24.8 Å². The number of nitrogens with one attached hydrogen (secondary N) is 1. The molecular weight excluding hydrogens is 448 g/mol. The summed E-state index contributed by atoms with van der Waals surface area (Å²) in [4.78, 5) is 52.3. The molecule has 0 aromatic heterocycles. The van der Waals surface area contributed by atoms with E-state index in [1.54, 1.807) is 39.8 Å². The number of para-hydroxylation sites is 1. The van der Waals surface area contributed by atoms with Crippen LogP contribution >= 0.6 is 11.8 Å². The van der Waals surface area contributed by atoms with Gasteiger partial charge in [-0.25, -0.2) is 0 Å². The first-order valence-electron chi connectivity index (χ1n) is 10.8.